The molecular weight excluding hydrogens is 361 g/mol. The summed E-state index contributed by atoms with van der Waals surface area (Å²) >= 11 is 15.7. The second-order valence-electron chi connectivity index (χ2n) is 5.56. The summed E-state index contributed by atoms with van der Waals surface area (Å²) in [5.74, 6) is 0. The highest BCUT2D eigenvalue weighted by molar-refractivity contribution is 9.10. The highest BCUT2D eigenvalue weighted by atomic mass is 79.9. The van der Waals surface area contributed by atoms with Gasteiger partial charge < -0.3 is 5.32 Å². The second kappa shape index (κ2) is 5.96. The summed E-state index contributed by atoms with van der Waals surface area (Å²) in [5.41, 5.74) is 1.79. The summed E-state index contributed by atoms with van der Waals surface area (Å²) in [6.07, 6.45) is 3.87. The van der Waals surface area contributed by atoms with Gasteiger partial charge in [0.1, 0.15) is 0 Å². The molecule has 6 heteroatoms. The average molecular weight is 377 g/mol. The van der Waals surface area contributed by atoms with E-state index in [9.17, 15) is 0 Å². The van der Waals surface area contributed by atoms with Crippen molar-refractivity contribution in [2.45, 2.75) is 32.9 Å². The standard InChI is InChI=1S/C14H16BrCl2N3/c1-14(2,3)20-8-9(7-19-20)6-18-13-11(16)4-10(15)5-12(13)17/h4-5,7-8,18H,6H2,1-3H3. The molecule has 0 saturated carbocycles. The molecule has 1 aromatic carbocycles. The van der Waals surface area contributed by atoms with Crippen LogP contribution in [0, 0.1) is 0 Å². The van der Waals surface area contributed by atoms with Crippen LogP contribution in [0.5, 0.6) is 0 Å². The van der Waals surface area contributed by atoms with Gasteiger partial charge in [0.05, 0.1) is 27.5 Å². The Bertz CT molecular complexity index is 594. The molecule has 0 unspecified atom stereocenters. The maximum Gasteiger partial charge on any atom is 0.0722 e. The molecule has 2 aromatic rings. The molecule has 20 heavy (non-hydrogen) atoms. The fourth-order valence-electron chi connectivity index (χ4n) is 1.72. The molecule has 3 nitrogen and oxygen atoms in total. The number of rotatable bonds is 3. The van der Waals surface area contributed by atoms with Crippen molar-refractivity contribution in [3.8, 4) is 0 Å². The van der Waals surface area contributed by atoms with Gasteiger partial charge in [0, 0.05) is 22.8 Å². The predicted molar refractivity (Wildman–Crippen MR) is 88.7 cm³/mol. The fraction of sp³-hybridized carbons (Fsp3) is 0.357. The van der Waals surface area contributed by atoms with Gasteiger partial charge in [-0.1, -0.05) is 39.1 Å². The van der Waals surface area contributed by atoms with Gasteiger partial charge >= 0.3 is 0 Å². The van der Waals surface area contributed by atoms with E-state index in [0.717, 1.165) is 15.7 Å². The van der Waals surface area contributed by atoms with Gasteiger partial charge in [0.2, 0.25) is 0 Å². The smallest absolute Gasteiger partial charge is 0.0722 e. The lowest BCUT2D eigenvalue weighted by Gasteiger charge is -2.18. The first-order valence-corrected chi connectivity index (χ1v) is 7.75. The fourth-order valence-corrected chi connectivity index (χ4v) is 3.06. The molecule has 0 aliphatic heterocycles. The van der Waals surface area contributed by atoms with Gasteiger partial charge in [-0.05, 0) is 32.9 Å². The van der Waals surface area contributed by atoms with Crippen LogP contribution in [0.15, 0.2) is 29.0 Å². The van der Waals surface area contributed by atoms with Gasteiger partial charge in [-0.3, -0.25) is 4.68 Å². The molecule has 0 bridgehead atoms. The molecule has 1 heterocycles. The second-order valence-corrected chi connectivity index (χ2v) is 7.29. The summed E-state index contributed by atoms with van der Waals surface area (Å²) in [5, 5.41) is 8.79. The third-order valence-electron chi connectivity index (χ3n) is 2.80. The predicted octanol–water partition coefficient (Wildman–Crippen LogP) is 5.32. The van der Waals surface area contributed by atoms with Gasteiger partial charge in [-0.2, -0.15) is 5.10 Å². The van der Waals surface area contributed by atoms with Crippen molar-refractivity contribution >= 4 is 44.8 Å². The Balaban J connectivity index is 2.12. The van der Waals surface area contributed by atoms with Crippen LogP contribution in [0.3, 0.4) is 0 Å². The van der Waals surface area contributed by atoms with E-state index >= 15 is 0 Å². The van der Waals surface area contributed by atoms with Crippen LogP contribution in [0.25, 0.3) is 0 Å². The van der Waals surface area contributed by atoms with E-state index in [4.69, 9.17) is 23.2 Å². The Labute approximate surface area is 137 Å². The van der Waals surface area contributed by atoms with Crippen LogP contribution in [-0.2, 0) is 12.1 Å². The Morgan fingerprint density at radius 1 is 1.25 bits per heavy atom. The van der Waals surface area contributed by atoms with E-state index in [1.807, 2.05) is 29.2 Å². The van der Waals surface area contributed by atoms with Crippen LogP contribution in [0.4, 0.5) is 5.69 Å². The summed E-state index contributed by atoms with van der Waals surface area (Å²) in [7, 11) is 0. The topological polar surface area (TPSA) is 29.9 Å². The van der Waals surface area contributed by atoms with Crippen LogP contribution in [0.1, 0.15) is 26.3 Å². The van der Waals surface area contributed by atoms with Gasteiger partial charge in [0.15, 0.2) is 0 Å². The summed E-state index contributed by atoms with van der Waals surface area (Å²) < 4.78 is 2.80. The number of anilines is 1. The van der Waals surface area contributed by atoms with E-state index in [-0.39, 0.29) is 5.54 Å². The number of benzene rings is 1. The zero-order valence-electron chi connectivity index (χ0n) is 11.5. The van der Waals surface area contributed by atoms with Crippen molar-refractivity contribution in [3.05, 3.63) is 44.6 Å². The number of aromatic nitrogens is 2. The van der Waals surface area contributed by atoms with Crippen LogP contribution in [-0.4, -0.2) is 9.78 Å². The summed E-state index contributed by atoms with van der Waals surface area (Å²) in [4.78, 5) is 0. The first-order valence-electron chi connectivity index (χ1n) is 6.20. The first-order chi connectivity index (χ1) is 9.27. The zero-order valence-corrected chi connectivity index (χ0v) is 14.6. The minimum absolute atomic E-state index is 0.0227. The summed E-state index contributed by atoms with van der Waals surface area (Å²) in [6.45, 7) is 6.95. The van der Waals surface area contributed by atoms with Crippen molar-refractivity contribution in [1.29, 1.82) is 0 Å². The number of halogens is 3. The Morgan fingerprint density at radius 3 is 2.35 bits per heavy atom. The minimum atomic E-state index is -0.0227. The Hall–Kier alpha value is -0.710. The third-order valence-corrected chi connectivity index (χ3v) is 3.85. The molecule has 0 atom stereocenters. The molecule has 0 radical (unpaired) electrons. The van der Waals surface area contributed by atoms with Gasteiger partial charge in [-0.15, -0.1) is 0 Å². The first kappa shape index (κ1) is 15.7. The maximum atomic E-state index is 6.18. The number of hydrogen-bond acceptors (Lipinski definition) is 2. The SMILES string of the molecule is CC(C)(C)n1cc(CNc2c(Cl)cc(Br)cc2Cl)cn1. The van der Waals surface area contributed by atoms with E-state index in [1.54, 1.807) is 0 Å². The molecular formula is C14H16BrCl2N3. The van der Waals surface area contributed by atoms with Crippen LogP contribution in [0.2, 0.25) is 10.0 Å². The highest BCUT2D eigenvalue weighted by Crippen LogP contribution is 2.34. The van der Waals surface area contributed by atoms with Crippen molar-refractivity contribution < 1.29 is 0 Å². The molecule has 0 saturated heterocycles. The molecule has 0 amide bonds. The molecule has 108 valence electrons. The molecule has 0 fully saturated rings. The molecule has 2 rings (SSSR count). The van der Waals surface area contributed by atoms with Crippen molar-refractivity contribution in [3.63, 3.8) is 0 Å². The van der Waals surface area contributed by atoms with E-state index in [0.29, 0.717) is 16.6 Å². The Morgan fingerprint density at radius 2 is 1.85 bits per heavy atom. The van der Waals surface area contributed by atoms with Crippen molar-refractivity contribution in [1.82, 2.24) is 9.78 Å². The largest absolute Gasteiger partial charge is 0.378 e. The number of nitrogens with zero attached hydrogens (tertiary/aromatic N) is 2. The third kappa shape index (κ3) is 3.68. The molecule has 0 aliphatic rings. The van der Waals surface area contributed by atoms with Crippen molar-refractivity contribution in [2.75, 3.05) is 5.32 Å². The van der Waals surface area contributed by atoms with Crippen LogP contribution < -0.4 is 5.32 Å². The summed E-state index contributed by atoms with van der Waals surface area (Å²) in [6, 6.07) is 3.63. The molecule has 1 aromatic heterocycles. The lowest BCUT2D eigenvalue weighted by molar-refractivity contribution is 0.355. The van der Waals surface area contributed by atoms with E-state index < -0.39 is 0 Å². The lowest BCUT2D eigenvalue weighted by Crippen LogP contribution is -2.21. The average Bonchev–Trinajstić information content (AvgIpc) is 2.75. The van der Waals surface area contributed by atoms with Crippen LogP contribution >= 0.6 is 39.1 Å². The van der Waals surface area contributed by atoms with E-state index in [2.05, 4.69) is 47.1 Å². The number of nitrogens with one attached hydrogen (secondary N) is 1. The van der Waals surface area contributed by atoms with E-state index in [1.165, 1.54) is 0 Å². The maximum absolute atomic E-state index is 6.18. The molecule has 1 N–H and O–H groups in total. The van der Waals surface area contributed by atoms with Crippen molar-refractivity contribution in [2.24, 2.45) is 0 Å². The minimum Gasteiger partial charge on any atom is -0.378 e. The molecule has 0 aliphatic carbocycles. The zero-order chi connectivity index (χ0) is 14.9. The quantitative estimate of drug-likeness (QED) is 0.785. The lowest BCUT2D eigenvalue weighted by atomic mass is 10.1. The van der Waals surface area contributed by atoms with Gasteiger partial charge in [-0.25, -0.2) is 0 Å². The highest BCUT2D eigenvalue weighted by Gasteiger charge is 2.14. The normalized spacial score (nSPS) is 11.7. The Kier molecular flexibility index (Phi) is 4.67. The van der Waals surface area contributed by atoms with Gasteiger partial charge in [0.25, 0.3) is 0 Å². The number of hydrogen-bond donors (Lipinski definition) is 1. The molecule has 0 spiro atoms. The monoisotopic (exact) mass is 375 g/mol.